The van der Waals surface area contributed by atoms with Crippen molar-refractivity contribution < 1.29 is 28.6 Å². The standard InChI is InChI=1S/C72H124O6/c1-4-7-10-13-16-19-22-25-27-29-30-31-32-33-34-35-36-37-38-39-40-41-42-43-45-47-50-53-56-59-62-65-71(74)77-68-69(67-76-70(73)64-61-58-55-52-49-46-24-21-18-15-12-9-6-3)78-72(75)66-63-60-57-54-51-48-44-28-26-23-20-17-14-11-8-5-2/h7,10,12,15-16,19,21,24-25,27,30-31,33-34,36-37,69H,4-6,8-9,11,13-14,17-18,20,22-23,26,28-29,32,35,38-68H2,1-3H3/b10-7-,15-12-,19-16-,24-21-,27-25-,31-30-,34-33-,37-36-. The highest BCUT2D eigenvalue weighted by atomic mass is 16.6. The molecule has 1 unspecified atom stereocenters. The van der Waals surface area contributed by atoms with Crippen molar-refractivity contribution >= 4 is 17.9 Å². The lowest BCUT2D eigenvalue weighted by atomic mass is 10.0. The van der Waals surface area contributed by atoms with E-state index in [0.29, 0.717) is 19.3 Å². The Morgan fingerprint density at radius 1 is 0.269 bits per heavy atom. The fourth-order valence-electron chi connectivity index (χ4n) is 9.37. The summed E-state index contributed by atoms with van der Waals surface area (Å²) in [6.07, 6.45) is 88.5. The summed E-state index contributed by atoms with van der Waals surface area (Å²) in [6.45, 7) is 6.48. The molecule has 0 aliphatic heterocycles. The molecule has 0 radical (unpaired) electrons. The van der Waals surface area contributed by atoms with E-state index in [0.717, 1.165) is 122 Å². The van der Waals surface area contributed by atoms with Gasteiger partial charge in [0.15, 0.2) is 6.10 Å². The number of carbonyl (C=O) groups is 3. The van der Waals surface area contributed by atoms with Crippen LogP contribution in [0.3, 0.4) is 0 Å². The van der Waals surface area contributed by atoms with Gasteiger partial charge in [-0.15, -0.1) is 0 Å². The summed E-state index contributed by atoms with van der Waals surface area (Å²) in [5.41, 5.74) is 0. The predicted octanol–water partition coefficient (Wildman–Crippen LogP) is 22.8. The van der Waals surface area contributed by atoms with E-state index in [9.17, 15) is 14.4 Å². The van der Waals surface area contributed by atoms with Gasteiger partial charge in [0.2, 0.25) is 0 Å². The van der Waals surface area contributed by atoms with Crippen LogP contribution in [0.25, 0.3) is 0 Å². The molecule has 6 heteroatoms. The maximum absolute atomic E-state index is 12.9. The van der Waals surface area contributed by atoms with E-state index in [1.807, 2.05) is 0 Å². The summed E-state index contributed by atoms with van der Waals surface area (Å²) in [6, 6.07) is 0. The van der Waals surface area contributed by atoms with Crippen LogP contribution in [0.15, 0.2) is 97.2 Å². The number of unbranched alkanes of at least 4 members (excludes halogenated alkanes) is 33. The molecule has 0 saturated carbocycles. The Morgan fingerprint density at radius 3 is 0.833 bits per heavy atom. The average Bonchev–Trinajstić information content (AvgIpc) is 3.44. The van der Waals surface area contributed by atoms with Crippen molar-refractivity contribution in [3.63, 3.8) is 0 Å². The van der Waals surface area contributed by atoms with E-state index in [1.165, 1.54) is 161 Å². The molecule has 0 aliphatic rings. The molecule has 448 valence electrons. The van der Waals surface area contributed by atoms with Crippen molar-refractivity contribution in [1.29, 1.82) is 0 Å². The van der Waals surface area contributed by atoms with Crippen LogP contribution in [-0.2, 0) is 28.6 Å². The number of hydrogen-bond donors (Lipinski definition) is 0. The molecule has 0 saturated heterocycles. The zero-order valence-electron chi connectivity index (χ0n) is 51.4. The molecule has 0 heterocycles. The number of hydrogen-bond acceptors (Lipinski definition) is 6. The van der Waals surface area contributed by atoms with E-state index in [-0.39, 0.29) is 31.1 Å². The molecule has 0 rings (SSSR count). The third-order valence-corrected chi connectivity index (χ3v) is 14.3. The lowest BCUT2D eigenvalue weighted by Gasteiger charge is -2.18. The highest BCUT2D eigenvalue weighted by molar-refractivity contribution is 5.71. The first-order valence-corrected chi connectivity index (χ1v) is 33.2. The zero-order chi connectivity index (χ0) is 56.4. The van der Waals surface area contributed by atoms with Gasteiger partial charge in [0, 0.05) is 19.3 Å². The van der Waals surface area contributed by atoms with E-state index >= 15 is 0 Å². The quantitative estimate of drug-likeness (QED) is 0.0261. The van der Waals surface area contributed by atoms with E-state index in [4.69, 9.17) is 14.2 Å². The first-order chi connectivity index (χ1) is 38.5. The minimum absolute atomic E-state index is 0.0796. The van der Waals surface area contributed by atoms with Crippen LogP contribution >= 0.6 is 0 Å². The van der Waals surface area contributed by atoms with Gasteiger partial charge >= 0.3 is 17.9 Å². The maximum Gasteiger partial charge on any atom is 0.306 e. The summed E-state index contributed by atoms with van der Waals surface area (Å²) in [4.78, 5) is 38.3. The highest BCUT2D eigenvalue weighted by Gasteiger charge is 2.19. The SMILES string of the molecule is CC/C=C\C/C=C\C/C=C\C/C=C\C/C=C\C/C=C\CCCCCCCCCCCCCCC(=O)OCC(COC(=O)CCCCCCC/C=C\C/C=C\CCC)OC(=O)CCCCCCCCCCCCCCCCCC. The highest BCUT2D eigenvalue weighted by Crippen LogP contribution is 2.17. The van der Waals surface area contributed by atoms with Crippen LogP contribution in [0, 0.1) is 0 Å². The minimum Gasteiger partial charge on any atom is -0.462 e. The first-order valence-electron chi connectivity index (χ1n) is 33.2. The molecular weight excluding hydrogens is 961 g/mol. The van der Waals surface area contributed by atoms with Gasteiger partial charge in [0.05, 0.1) is 0 Å². The van der Waals surface area contributed by atoms with Crippen LogP contribution in [0.4, 0.5) is 0 Å². The van der Waals surface area contributed by atoms with Crippen LogP contribution in [0.1, 0.15) is 323 Å². The Kier molecular flexibility index (Phi) is 62.7. The molecule has 0 aromatic heterocycles. The van der Waals surface area contributed by atoms with Gasteiger partial charge in [-0.25, -0.2) is 0 Å². The average molecular weight is 1090 g/mol. The van der Waals surface area contributed by atoms with Crippen LogP contribution < -0.4 is 0 Å². The van der Waals surface area contributed by atoms with E-state index < -0.39 is 6.10 Å². The molecule has 0 aromatic rings. The molecule has 0 bridgehead atoms. The summed E-state index contributed by atoms with van der Waals surface area (Å²) in [5, 5.41) is 0. The molecule has 0 aromatic carbocycles. The number of esters is 3. The Morgan fingerprint density at radius 2 is 0.526 bits per heavy atom. The van der Waals surface area contributed by atoms with Crippen LogP contribution in [0.2, 0.25) is 0 Å². The Labute approximate surface area is 483 Å². The third kappa shape index (κ3) is 63.2. The number of carbonyl (C=O) groups excluding carboxylic acids is 3. The van der Waals surface area contributed by atoms with E-state index in [1.54, 1.807) is 0 Å². The van der Waals surface area contributed by atoms with E-state index in [2.05, 4.69) is 118 Å². The maximum atomic E-state index is 12.9. The fraction of sp³-hybridized carbons (Fsp3) is 0.736. The van der Waals surface area contributed by atoms with Crippen molar-refractivity contribution in [1.82, 2.24) is 0 Å². The smallest absolute Gasteiger partial charge is 0.306 e. The number of allylic oxidation sites excluding steroid dienone is 16. The predicted molar refractivity (Wildman–Crippen MR) is 339 cm³/mol. The minimum atomic E-state index is -0.782. The molecule has 6 nitrogen and oxygen atoms in total. The molecule has 0 amide bonds. The van der Waals surface area contributed by atoms with Crippen LogP contribution in [-0.4, -0.2) is 37.2 Å². The normalized spacial score (nSPS) is 12.7. The van der Waals surface area contributed by atoms with Gasteiger partial charge in [0.25, 0.3) is 0 Å². The monoisotopic (exact) mass is 1080 g/mol. The van der Waals surface area contributed by atoms with Crippen molar-refractivity contribution in [3.05, 3.63) is 97.2 Å². The van der Waals surface area contributed by atoms with Crippen molar-refractivity contribution in [2.24, 2.45) is 0 Å². The second-order valence-corrected chi connectivity index (χ2v) is 22.0. The van der Waals surface area contributed by atoms with Gasteiger partial charge in [0.1, 0.15) is 13.2 Å². The molecular formula is C72H124O6. The van der Waals surface area contributed by atoms with Gasteiger partial charge in [-0.3, -0.25) is 14.4 Å². The van der Waals surface area contributed by atoms with Gasteiger partial charge in [-0.05, 0) is 96.3 Å². The topological polar surface area (TPSA) is 78.9 Å². The molecule has 78 heavy (non-hydrogen) atoms. The Bertz CT molecular complexity index is 1530. The summed E-state index contributed by atoms with van der Waals surface area (Å²) < 4.78 is 16.9. The second kappa shape index (κ2) is 65.8. The lowest BCUT2D eigenvalue weighted by molar-refractivity contribution is -0.167. The van der Waals surface area contributed by atoms with Gasteiger partial charge in [-0.1, -0.05) is 304 Å². The Hall–Kier alpha value is -3.67. The third-order valence-electron chi connectivity index (χ3n) is 14.3. The van der Waals surface area contributed by atoms with Crippen molar-refractivity contribution in [2.45, 2.75) is 329 Å². The molecule has 1 atom stereocenters. The first kappa shape index (κ1) is 74.3. The molecule has 0 aliphatic carbocycles. The van der Waals surface area contributed by atoms with Gasteiger partial charge < -0.3 is 14.2 Å². The Balaban J connectivity index is 4.23. The molecule has 0 N–H and O–H groups in total. The van der Waals surface area contributed by atoms with Crippen molar-refractivity contribution in [3.8, 4) is 0 Å². The summed E-state index contributed by atoms with van der Waals surface area (Å²) >= 11 is 0. The van der Waals surface area contributed by atoms with Gasteiger partial charge in [-0.2, -0.15) is 0 Å². The van der Waals surface area contributed by atoms with Crippen LogP contribution in [0.5, 0.6) is 0 Å². The molecule has 0 spiro atoms. The lowest BCUT2D eigenvalue weighted by Crippen LogP contribution is -2.30. The largest absolute Gasteiger partial charge is 0.462 e. The number of rotatable bonds is 60. The fourth-order valence-corrected chi connectivity index (χ4v) is 9.37. The zero-order valence-corrected chi connectivity index (χ0v) is 51.4. The second-order valence-electron chi connectivity index (χ2n) is 22.0. The molecule has 0 fully saturated rings. The number of ether oxygens (including phenoxy) is 3. The summed E-state index contributed by atoms with van der Waals surface area (Å²) in [7, 11) is 0. The van der Waals surface area contributed by atoms with Crippen molar-refractivity contribution in [2.75, 3.05) is 13.2 Å². The summed E-state index contributed by atoms with van der Waals surface area (Å²) in [5.74, 6) is -0.882.